The van der Waals surface area contributed by atoms with Crippen LogP contribution in [0.5, 0.6) is 0 Å². The number of benzene rings is 2. The van der Waals surface area contributed by atoms with Gasteiger partial charge in [-0.1, -0.05) is 72.4 Å². The Kier molecular flexibility index (Phi) is 17.9. The fourth-order valence-electron chi connectivity index (χ4n) is 1.97. The molecule has 0 saturated carbocycles. The van der Waals surface area contributed by atoms with Crippen molar-refractivity contribution in [1.82, 2.24) is 0 Å². The normalized spacial score (nSPS) is 9.04. The molecule has 4 heteroatoms. The smallest absolute Gasteiger partial charge is 0.0365 e. The Bertz CT molecular complexity index is 543. The van der Waals surface area contributed by atoms with Crippen molar-refractivity contribution in [3.05, 3.63) is 57.5 Å². The van der Waals surface area contributed by atoms with Crippen molar-refractivity contribution in [3.63, 3.8) is 0 Å². The van der Waals surface area contributed by atoms with Crippen molar-refractivity contribution in [2.75, 3.05) is 37.5 Å². The summed E-state index contributed by atoms with van der Waals surface area (Å²) in [6.45, 7) is 7.62. The van der Waals surface area contributed by atoms with Crippen LogP contribution in [-0.2, 0) is 0 Å². The zero-order valence-electron chi connectivity index (χ0n) is 17.1. The van der Waals surface area contributed by atoms with Crippen LogP contribution in [0.15, 0.2) is 57.5 Å². The zero-order chi connectivity index (χ0) is 19.9. The van der Waals surface area contributed by atoms with Crippen molar-refractivity contribution >= 4 is 43.2 Å². The van der Waals surface area contributed by atoms with Gasteiger partial charge in [0.05, 0.1) is 0 Å². The highest BCUT2D eigenvalue weighted by Gasteiger charge is 1.98. The predicted molar refractivity (Wildman–Crippen MR) is 133 cm³/mol. The molecule has 27 heavy (non-hydrogen) atoms. The van der Waals surface area contributed by atoms with Crippen molar-refractivity contribution < 1.29 is 0 Å². The molecule has 2 aromatic rings. The first-order valence-corrected chi connectivity index (χ1v) is 10.8. The molecule has 0 unspecified atom stereocenters. The molecule has 0 saturated heterocycles. The summed E-state index contributed by atoms with van der Waals surface area (Å²) < 4.78 is 2.22. The third-order valence-electron chi connectivity index (χ3n) is 3.79. The first-order valence-electron chi connectivity index (χ1n) is 9.25. The van der Waals surface area contributed by atoms with Crippen LogP contribution < -0.4 is 9.80 Å². The average Bonchev–Trinajstić information content (AvgIpc) is 2.65. The minimum absolute atomic E-state index is 0. The highest BCUT2D eigenvalue weighted by Crippen LogP contribution is 2.18. The molecule has 0 aliphatic carbocycles. The summed E-state index contributed by atoms with van der Waals surface area (Å²) in [5.74, 6) is 0. The van der Waals surface area contributed by atoms with Gasteiger partial charge in [-0.05, 0) is 55.5 Å². The van der Waals surface area contributed by atoms with E-state index < -0.39 is 0 Å². The molecule has 2 aromatic carbocycles. The average molecular weight is 502 g/mol. The van der Waals surface area contributed by atoms with Crippen LogP contribution in [0.25, 0.3) is 0 Å². The second kappa shape index (κ2) is 17.1. The Balaban J connectivity index is 0. The third kappa shape index (κ3) is 13.8. The maximum Gasteiger partial charge on any atom is 0.0365 e. The molecule has 0 fully saturated rings. The summed E-state index contributed by atoms with van der Waals surface area (Å²) >= 11 is 6.65. The Morgan fingerprint density at radius 1 is 0.667 bits per heavy atom. The van der Waals surface area contributed by atoms with E-state index in [0.717, 1.165) is 15.5 Å². The summed E-state index contributed by atoms with van der Waals surface area (Å²) in [5, 5.41) is 0. The molecule has 0 N–H and O–H groups in total. The molecule has 0 bridgehead atoms. The highest BCUT2D eigenvalue weighted by molar-refractivity contribution is 9.11. The number of nitrogens with zero attached hydrogens (tertiary/aromatic N) is 2. The third-order valence-corrected chi connectivity index (χ3v) is 4.85. The standard InChI is InChI=1S/C11H18N2.C6H4Br2.C5H12.CH4/c1-5-13(4)11-8-6-10(7-9-11)12(2)3;7-5-1-2-6(8)4-3-5;1-3-5-4-2;/h6-9H,5H2,1-4H3;1-4H;3-5H2,1-2H3;1H4. The van der Waals surface area contributed by atoms with E-state index in [-0.39, 0.29) is 7.43 Å². The number of anilines is 2. The van der Waals surface area contributed by atoms with Crippen LogP contribution in [0.4, 0.5) is 11.4 Å². The van der Waals surface area contributed by atoms with Gasteiger partial charge in [0.15, 0.2) is 0 Å². The predicted octanol–water partition coefficient (Wildman–Crippen LogP) is 8.25. The molecule has 154 valence electrons. The fourth-order valence-corrected chi connectivity index (χ4v) is 2.50. The van der Waals surface area contributed by atoms with Gasteiger partial charge in [-0.2, -0.15) is 0 Å². The molecule has 0 radical (unpaired) electrons. The first-order chi connectivity index (χ1) is 12.3. The highest BCUT2D eigenvalue weighted by atomic mass is 79.9. The van der Waals surface area contributed by atoms with Crippen molar-refractivity contribution in [2.24, 2.45) is 0 Å². The van der Waals surface area contributed by atoms with Crippen molar-refractivity contribution in [1.29, 1.82) is 0 Å². The van der Waals surface area contributed by atoms with Gasteiger partial charge in [-0.15, -0.1) is 0 Å². The Morgan fingerprint density at radius 3 is 1.30 bits per heavy atom. The summed E-state index contributed by atoms with van der Waals surface area (Å²) in [7, 11) is 6.21. The molecule has 0 aromatic heterocycles. The van der Waals surface area contributed by atoms with Crippen molar-refractivity contribution in [3.8, 4) is 0 Å². The van der Waals surface area contributed by atoms with E-state index in [0.29, 0.717) is 0 Å². The SMILES string of the molecule is Brc1ccc(Br)cc1.C.CCCCC.CCN(C)c1ccc(N(C)C)cc1. The molecule has 0 spiro atoms. The number of rotatable bonds is 5. The van der Waals surface area contributed by atoms with Crippen LogP contribution in [0.2, 0.25) is 0 Å². The molecule has 2 nitrogen and oxygen atoms in total. The molecular formula is C23H38Br2N2. The minimum Gasteiger partial charge on any atom is -0.378 e. The van der Waals surface area contributed by atoms with E-state index in [1.165, 1.54) is 30.6 Å². The Morgan fingerprint density at radius 2 is 1.04 bits per heavy atom. The van der Waals surface area contributed by atoms with Gasteiger partial charge in [0.1, 0.15) is 0 Å². The molecular weight excluding hydrogens is 464 g/mol. The second-order valence-corrected chi connectivity index (χ2v) is 8.05. The zero-order valence-corrected chi connectivity index (χ0v) is 20.3. The summed E-state index contributed by atoms with van der Waals surface area (Å²) in [6.07, 6.45) is 4.08. The Hall–Kier alpha value is -1.00. The van der Waals surface area contributed by atoms with E-state index in [1.807, 2.05) is 24.3 Å². The molecule has 0 amide bonds. The van der Waals surface area contributed by atoms with Crippen LogP contribution in [-0.4, -0.2) is 27.7 Å². The molecule has 2 rings (SSSR count). The lowest BCUT2D eigenvalue weighted by Gasteiger charge is -2.18. The van der Waals surface area contributed by atoms with Gasteiger partial charge in [0, 0.05) is 48.0 Å². The van der Waals surface area contributed by atoms with Crippen LogP contribution >= 0.6 is 31.9 Å². The maximum absolute atomic E-state index is 3.32. The molecule has 0 atom stereocenters. The summed E-state index contributed by atoms with van der Waals surface area (Å²) in [6, 6.07) is 16.5. The van der Waals surface area contributed by atoms with Crippen LogP contribution in [0.3, 0.4) is 0 Å². The lowest BCUT2D eigenvalue weighted by Crippen LogP contribution is -2.16. The van der Waals surface area contributed by atoms with E-state index in [1.54, 1.807) is 0 Å². The van der Waals surface area contributed by atoms with Gasteiger partial charge >= 0.3 is 0 Å². The number of hydrogen-bond donors (Lipinski definition) is 0. The van der Waals surface area contributed by atoms with E-state index in [4.69, 9.17) is 0 Å². The largest absolute Gasteiger partial charge is 0.378 e. The van der Waals surface area contributed by atoms with Gasteiger partial charge in [0.25, 0.3) is 0 Å². The number of unbranched alkanes of at least 4 members (excludes halogenated alkanes) is 2. The quantitative estimate of drug-likeness (QED) is 0.406. The number of halogens is 2. The van der Waals surface area contributed by atoms with Gasteiger partial charge in [-0.3, -0.25) is 0 Å². The number of hydrogen-bond acceptors (Lipinski definition) is 2. The topological polar surface area (TPSA) is 6.48 Å². The monoisotopic (exact) mass is 500 g/mol. The molecule has 0 aliphatic rings. The molecule has 0 aliphatic heterocycles. The Labute approximate surface area is 185 Å². The molecule has 0 heterocycles. The van der Waals surface area contributed by atoms with E-state index >= 15 is 0 Å². The van der Waals surface area contributed by atoms with Gasteiger partial charge < -0.3 is 9.80 Å². The second-order valence-electron chi connectivity index (χ2n) is 6.21. The van der Waals surface area contributed by atoms with Crippen molar-refractivity contribution in [2.45, 2.75) is 47.5 Å². The van der Waals surface area contributed by atoms with Gasteiger partial charge in [-0.25, -0.2) is 0 Å². The minimum atomic E-state index is 0. The van der Waals surface area contributed by atoms with Crippen LogP contribution in [0, 0.1) is 0 Å². The lowest BCUT2D eigenvalue weighted by molar-refractivity contribution is 0.772. The van der Waals surface area contributed by atoms with Gasteiger partial charge in [0.2, 0.25) is 0 Å². The fraction of sp³-hybridized carbons (Fsp3) is 0.478. The lowest BCUT2D eigenvalue weighted by atomic mass is 10.2. The van der Waals surface area contributed by atoms with Crippen LogP contribution in [0.1, 0.15) is 47.5 Å². The summed E-state index contributed by atoms with van der Waals surface area (Å²) in [4.78, 5) is 4.33. The van der Waals surface area contributed by atoms with E-state index in [2.05, 4.69) is 108 Å². The van der Waals surface area contributed by atoms with E-state index in [9.17, 15) is 0 Å². The maximum atomic E-state index is 3.32. The summed E-state index contributed by atoms with van der Waals surface area (Å²) in [5.41, 5.74) is 2.52. The first kappa shape index (κ1) is 28.2.